The van der Waals surface area contributed by atoms with E-state index in [1.165, 1.54) is 0 Å². The molecule has 2 aromatic carbocycles. The van der Waals surface area contributed by atoms with Crippen LogP contribution < -0.4 is 10.1 Å². The quantitative estimate of drug-likeness (QED) is 0.588. The zero-order valence-corrected chi connectivity index (χ0v) is 18.5. The fourth-order valence-electron chi connectivity index (χ4n) is 4.42. The number of amides is 1. The first-order chi connectivity index (χ1) is 15.0. The van der Waals surface area contributed by atoms with Gasteiger partial charge in [-0.1, -0.05) is 38.1 Å². The van der Waals surface area contributed by atoms with Gasteiger partial charge in [0.2, 0.25) is 5.91 Å². The van der Waals surface area contributed by atoms with Crippen LogP contribution in [0.3, 0.4) is 0 Å². The number of aromatic nitrogens is 2. The van der Waals surface area contributed by atoms with Crippen LogP contribution in [-0.4, -0.2) is 36.2 Å². The van der Waals surface area contributed by atoms with Crippen LogP contribution in [0.15, 0.2) is 48.5 Å². The molecule has 2 N–H and O–H groups in total. The smallest absolute Gasteiger partial charge is 0.231 e. The van der Waals surface area contributed by atoms with Crippen LogP contribution in [0.1, 0.15) is 50.5 Å². The van der Waals surface area contributed by atoms with E-state index in [-0.39, 0.29) is 11.9 Å². The number of ether oxygens (including phenoxy) is 2. The Kier molecular flexibility index (Phi) is 6.28. The van der Waals surface area contributed by atoms with Crippen molar-refractivity contribution in [2.24, 2.45) is 5.92 Å². The van der Waals surface area contributed by atoms with Crippen molar-refractivity contribution in [1.29, 1.82) is 0 Å². The van der Waals surface area contributed by atoms with E-state index in [4.69, 9.17) is 14.5 Å². The molecule has 1 unspecified atom stereocenters. The van der Waals surface area contributed by atoms with E-state index in [0.717, 1.165) is 34.6 Å². The summed E-state index contributed by atoms with van der Waals surface area (Å²) >= 11 is 0. The Morgan fingerprint density at radius 3 is 2.52 bits per heavy atom. The van der Waals surface area contributed by atoms with Gasteiger partial charge in [-0.05, 0) is 55.0 Å². The topological polar surface area (TPSA) is 76.2 Å². The zero-order chi connectivity index (χ0) is 21.8. The molecule has 1 fully saturated rings. The number of hydrogen-bond donors (Lipinski definition) is 2. The van der Waals surface area contributed by atoms with Gasteiger partial charge in [-0.3, -0.25) is 4.79 Å². The molecule has 1 saturated heterocycles. The number of carbonyl (C=O) groups is 1. The number of imidazole rings is 1. The van der Waals surface area contributed by atoms with Crippen molar-refractivity contribution >= 4 is 16.9 Å². The van der Waals surface area contributed by atoms with E-state index in [0.29, 0.717) is 32.0 Å². The van der Waals surface area contributed by atoms with Gasteiger partial charge < -0.3 is 19.8 Å². The lowest BCUT2D eigenvalue weighted by molar-refractivity contribution is -0.131. The first kappa shape index (κ1) is 21.4. The summed E-state index contributed by atoms with van der Waals surface area (Å²) in [5.41, 5.74) is 2.28. The Morgan fingerprint density at radius 1 is 1.16 bits per heavy atom. The summed E-state index contributed by atoms with van der Waals surface area (Å²) in [7, 11) is 1.65. The van der Waals surface area contributed by atoms with Crippen LogP contribution in [0.2, 0.25) is 0 Å². The lowest BCUT2D eigenvalue weighted by Gasteiger charge is -2.37. The molecule has 2 heterocycles. The van der Waals surface area contributed by atoms with Gasteiger partial charge in [-0.25, -0.2) is 4.98 Å². The standard InChI is InChI=1S/C25H31N3O3/c1-17(2)16-22(23-26-20-6-4-5-7-21(20)27-23)28-24(29)25(12-14-31-15-13-25)18-8-10-19(30-3)11-9-18/h4-11,17,22H,12-16H2,1-3H3,(H,26,27)(H,28,29). The highest BCUT2D eigenvalue weighted by Gasteiger charge is 2.42. The molecule has 1 aromatic heterocycles. The lowest BCUT2D eigenvalue weighted by atomic mass is 9.73. The second-order valence-electron chi connectivity index (χ2n) is 8.72. The van der Waals surface area contributed by atoms with Crippen molar-refractivity contribution < 1.29 is 14.3 Å². The fraction of sp³-hybridized carbons (Fsp3) is 0.440. The summed E-state index contributed by atoms with van der Waals surface area (Å²) in [6.07, 6.45) is 2.11. The van der Waals surface area contributed by atoms with Crippen molar-refractivity contribution in [1.82, 2.24) is 15.3 Å². The number of nitrogens with zero attached hydrogens (tertiary/aromatic N) is 1. The molecule has 6 nitrogen and oxygen atoms in total. The van der Waals surface area contributed by atoms with Crippen LogP contribution in [0.5, 0.6) is 5.75 Å². The molecule has 6 heteroatoms. The number of para-hydroxylation sites is 2. The molecular weight excluding hydrogens is 390 g/mol. The van der Waals surface area contributed by atoms with Crippen molar-refractivity contribution in [3.05, 3.63) is 59.9 Å². The number of carbonyl (C=O) groups excluding carboxylic acids is 1. The lowest BCUT2D eigenvalue weighted by Crippen LogP contribution is -2.49. The Labute approximate surface area is 183 Å². The molecule has 1 aliphatic heterocycles. The molecule has 0 spiro atoms. The molecule has 0 aliphatic carbocycles. The first-order valence-electron chi connectivity index (χ1n) is 11.0. The Balaban J connectivity index is 1.65. The highest BCUT2D eigenvalue weighted by atomic mass is 16.5. The first-order valence-corrected chi connectivity index (χ1v) is 11.0. The minimum Gasteiger partial charge on any atom is -0.497 e. The maximum Gasteiger partial charge on any atom is 0.231 e. The highest BCUT2D eigenvalue weighted by Crippen LogP contribution is 2.37. The highest BCUT2D eigenvalue weighted by molar-refractivity contribution is 5.89. The van der Waals surface area contributed by atoms with E-state index in [1.807, 2.05) is 48.5 Å². The number of hydrogen-bond acceptors (Lipinski definition) is 4. The molecule has 3 aromatic rings. The van der Waals surface area contributed by atoms with E-state index in [1.54, 1.807) is 7.11 Å². The van der Waals surface area contributed by atoms with Crippen LogP contribution in [0.25, 0.3) is 11.0 Å². The van der Waals surface area contributed by atoms with Gasteiger partial charge in [0.05, 0.1) is 29.6 Å². The van der Waals surface area contributed by atoms with E-state index in [9.17, 15) is 4.79 Å². The average Bonchev–Trinajstić information content (AvgIpc) is 3.23. The summed E-state index contributed by atoms with van der Waals surface area (Å²) in [5, 5.41) is 3.34. The van der Waals surface area contributed by atoms with Crippen molar-refractivity contribution in [2.45, 2.75) is 44.6 Å². The van der Waals surface area contributed by atoms with Crippen molar-refractivity contribution in [3.8, 4) is 5.75 Å². The van der Waals surface area contributed by atoms with Gasteiger partial charge in [0.15, 0.2) is 0 Å². The predicted molar refractivity (Wildman–Crippen MR) is 121 cm³/mol. The molecule has 4 rings (SSSR count). The second kappa shape index (κ2) is 9.10. The van der Waals surface area contributed by atoms with E-state index >= 15 is 0 Å². The fourth-order valence-corrected chi connectivity index (χ4v) is 4.42. The summed E-state index contributed by atoms with van der Waals surface area (Å²) in [6, 6.07) is 15.6. The molecular formula is C25H31N3O3. The van der Waals surface area contributed by atoms with Crippen molar-refractivity contribution in [3.63, 3.8) is 0 Å². The maximum absolute atomic E-state index is 13.8. The van der Waals surface area contributed by atoms with Crippen molar-refractivity contribution in [2.75, 3.05) is 20.3 Å². The van der Waals surface area contributed by atoms with E-state index in [2.05, 4.69) is 24.1 Å². The van der Waals surface area contributed by atoms with Gasteiger partial charge in [-0.2, -0.15) is 0 Å². The number of aromatic amines is 1. The summed E-state index contributed by atoms with van der Waals surface area (Å²) in [5.74, 6) is 2.03. The predicted octanol–water partition coefficient (Wildman–Crippen LogP) is 4.52. The van der Waals surface area contributed by atoms with Crippen LogP contribution in [0, 0.1) is 5.92 Å². The SMILES string of the molecule is COc1ccc(C2(C(=O)NC(CC(C)C)c3nc4ccccc4[nH]3)CCOCC2)cc1. The molecule has 0 saturated carbocycles. The normalized spacial score (nSPS) is 16.9. The largest absolute Gasteiger partial charge is 0.497 e. The second-order valence-corrected chi connectivity index (χ2v) is 8.72. The third-order valence-corrected chi connectivity index (χ3v) is 6.17. The van der Waals surface area contributed by atoms with Crippen LogP contribution >= 0.6 is 0 Å². The Morgan fingerprint density at radius 2 is 1.87 bits per heavy atom. The third kappa shape index (κ3) is 4.44. The molecule has 1 aliphatic rings. The Hall–Kier alpha value is -2.86. The van der Waals surface area contributed by atoms with Crippen LogP contribution in [0.4, 0.5) is 0 Å². The third-order valence-electron chi connectivity index (χ3n) is 6.17. The Bertz CT molecular complexity index is 987. The minimum atomic E-state index is -0.619. The number of fused-ring (bicyclic) bond motifs is 1. The summed E-state index contributed by atoms with van der Waals surface area (Å²) < 4.78 is 10.9. The minimum absolute atomic E-state index is 0.0343. The molecule has 1 atom stereocenters. The molecule has 0 radical (unpaired) electrons. The zero-order valence-electron chi connectivity index (χ0n) is 18.5. The van der Waals surface area contributed by atoms with Gasteiger partial charge in [0.1, 0.15) is 11.6 Å². The van der Waals surface area contributed by atoms with E-state index < -0.39 is 5.41 Å². The number of nitrogens with one attached hydrogen (secondary N) is 2. The number of H-pyrrole nitrogens is 1. The number of rotatable bonds is 7. The van der Waals surface area contributed by atoms with Gasteiger partial charge in [0, 0.05) is 13.2 Å². The van der Waals surface area contributed by atoms with Crippen LogP contribution in [-0.2, 0) is 14.9 Å². The molecule has 1 amide bonds. The number of benzene rings is 2. The van der Waals surface area contributed by atoms with Gasteiger partial charge >= 0.3 is 0 Å². The number of methoxy groups -OCH3 is 1. The summed E-state index contributed by atoms with van der Waals surface area (Å²) in [6.45, 7) is 5.46. The molecule has 0 bridgehead atoms. The van der Waals surface area contributed by atoms with Gasteiger partial charge in [-0.15, -0.1) is 0 Å². The molecule has 31 heavy (non-hydrogen) atoms. The monoisotopic (exact) mass is 421 g/mol. The average molecular weight is 422 g/mol. The van der Waals surface area contributed by atoms with Gasteiger partial charge in [0.25, 0.3) is 0 Å². The molecule has 164 valence electrons. The summed E-state index contributed by atoms with van der Waals surface area (Å²) in [4.78, 5) is 22.0. The maximum atomic E-state index is 13.8.